The van der Waals surface area contributed by atoms with Crippen LogP contribution in [-0.4, -0.2) is 46.5 Å². The van der Waals surface area contributed by atoms with Crippen molar-refractivity contribution in [1.82, 2.24) is 14.4 Å². The van der Waals surface area contributed by atoms with Crippen molar-refractivity contribution in [3.05, 3.63) is 60.4 Å². The Morgan fingerprint density at radius 3 is 2.16 bits per heavy atom. The van der Waals surface area contributed by atoms with Gasteiger partial charge < -0.3 is 9.47 Å². The molecule has 1 amide bonds. The molecular weight excluding hydrogens is 310 g/mol. The SMILES string of the molecule is O=C([C@H](c1ccccc1)N1CCC(n2cccc2)CC1)N1CCCC1. The van der Waals surface area contributed by atoms with Gasteiger partial charge in [0.25, 0.3) is 0 Å². The monoisotopic (exact) mass is 337 g/mol. The average molecular weight is 337 g/mol. The smallest absolute Gasteiger partial charge is 0.244 e. The predicted molar refractivity (Wildman–Crippen MR) is 99.3 cm³/mol. The highest BCUT2D eigenvalue weighted by Crippen LogP contribution is 2.31. The zero-order chi connectivity index (χ0) is 17.1. The van der Waals surface area contributed by atoms with E-state index < -0.39 is 0 Å². The van der Waals surface area contributed by atoms with Crippen molar-refractivity contribution in [3.63, 3.8) is 0 Å². The molecule has 4 rings (SSSR count). The third-order valence-electron chi connectivity index (χ3n) is 5.68. The number of rotatable bonds is 4. The number of aromatic nitrogens is 1. The zero-order valence-electron chi connectivity index (χ0n) is 14.8. The fourth-order valence-electron chi connectivity index (χ4n) is 4.29. The zero-order valence-corrected chi connectivity index (χ0v) is 14.8. The van der Waals surface area contributed by atoms with E-state index in [0.717, 1.165) is 57.4 Å². The second-order valence-corrected chi connectivity index (χ2v) is 7.24. The first-order chi connectivity index (χ1) is 12.3. The normalized spacial score (nSPS) is 20.7. The van der Waals surface area contributed by atoms with E-state index in [1.165, 1.54) is 0 Å². The third-order valence-corrected chi connectivity index (χ3v) is 5.68. The molecular formula is C21H27N3O. The Kier molecular flexibility index (Phi) is 4.88. The largest absolute Gasteiger partial charge is 0.351 e. The molecule has 4 nitrogen and oxygen atoms in total. The first-order valence-corrected chi connectivity index (χ1v) is 9.53. The molecule has 0 bridgehead atoms. The maximum absolute atomic E-state index is 13.2. The number of hydrogen-bond donors (Lipinski definition) is 0. The minimum atomic E-state index is -0.120. The van der Waals surface area contributed by atoms with Gasteiger partial charge >= 0.3 is 0 Å². The van der Waals surface area contributed by atoms with E-state index >= 15 is 0 Å². The number of amides is 1. The second-order valence-electron chi connectivity index (χ2n) is 7.24. The number of nitrogens with zero attached hydrogens (tertiary/aromatic N) is 3. The Hall–Kier alpha value is -2.07. The van der Waals surface area contributed by atoms with Crippen molar-refractivity contribution in [2.24, 2.45) is 0 Å². The van der Waals surface area contributed by atoms with Gasteiger partial charge in [-0.3, -0.25) is 9.69 Å². The van der Waals surface area contributed by atoms with Gasteiger partial charge in [-0.1, -0.05) is 30.3 Å². The highest BCUT2D eigenvalue weighted by atomic mass is 16.2. The fraction of sp³-hybridized carbons (Fsp3) is 0.476. The van der Waals surface area contributed by atoms with Crippen LogP contribution in [0.4, 0.5) is 0 Å². The summed E-state index contributed by atoms with van der Waals surface area (Å²) in [5.41, 5.74) is 1.14. The minimum absolute atomic E-state index is 0.120. The molecule has 1 aromatic carbocycles. The van der Waals surface area contributed by atoms with Crippen molar-refractivity contribution in [3.8, 4) is 0 Å². The van der Waals surface area contributed by atoms with Crippen molar-refractivity contribution >= 4 is 5.91 Å². The number of carbonyl (C=O) groups is 1. The number of piperidine rings is 1. The van der Waals surface area contributed by atoms with Crippen LogP contribution in [0, 0.1) is 0 Å². The van der Waals surface area contributed by atoms with E-state index in [0.29, 0.717) is 11.9 Å². The second kappa shape index (κ2) is 7.44. The lowest BCUT2D eigenvalue weighted by Crippen LogP contribution is -2.45. The molecule has 3 heterocycles. The summed E-state index contributed by atoms with van der Waals surface area (Å²) in [6, 6.07) is 15.0. The predicted octanol–water partition coefficient (Wildman–Crippen LogP) is 3.49. The van der Waals surface area contributed by atoms with Crippen LogP contribution >= 0.6 is 0 Å². The van der Waals surface area contributed by atoms with Crippen LogP contribution in [-0.2, 0) is 4.79 Å². The van der Waals surface area contributed by atoms with Crippen LogP contribution in [0.3, 0.4) is 0 Å². The van der Waals surface area contributed by atoms with Gasteiger partial charge in [0.15, 0.2) is 0 Å². The van der Waals surface area contributed by atoms with Gasteiger partial charge in [0.1, 0.15) is 6.04 Å². The van der Waals surface area contributed by atoms with Crippen LogP contribution in [0.5, 0.6) is 0 Å². The highest BCUT2D eigenvalue weighted by Gasteiger charge is 2.34. The van der Waals surface area contributed by atoms with E-state index in [4.69, 9.17) is 0 Å². The summed E-state index contributed by atoms with van der Waals surface area (Å²) in [6.45, 7) is 3.79. The molecule has 1 aromatic heterocycles. The molecule has 132 valence electrons. The lowest BCUT2D eigenvalue weighted by Gasteiger charge is -2.38. The Morgan fingerprint density at radius 1 is 0.880 bits per heavy atom. The molecule has 2 aliphatic rings. The first-order valence-electron chi connectivity index (χ1n) is 9.53. The van der Waals surface area contributed by atoms with Gasteiger partial charge in [-0.2, -0.15) is 0 Å². The topological polar surface area (TPSA) is 28.5 Å². The molecule has 2 fully saturated rings. The maximum Gasteiger partial charge on any atom is 0.244 e. The minimum Gasteiger partial charge on any atom is -0.351 e. The van der Waals surface area contributed by atoms with Gasteiger partial charge in [-0.25, -0.2) is 0 Å². The van der Waals surface area contributed by atoms with Crippen LogP contribution in [0.1, 0.15) is 43.3 Å². The highest BCUT2D eigenvalue weighted by molar-refractivity contribution is 5.83. The quantitative estimate of drug-likeness (QED) is 0.854. The van der Waals surface area contributed by atoms with E-state index in [1.807, 2.05) is 18.2 Å². The number of benzene rings is 1. The molecule has 2 aliphatic heterocycles. The van der Waals surface area contributed by atoms with Gasteiger partial charge in [0.2, 0.25) is 5.91 Å². The van der Waals surface area contributed by atoms with Gasteiger partial charge in [0, 0.05) is 44.6 Å². The Bertz CT molecular complexity index is 668. The fourth-order valence-corrected chi connectivity index (χ4v) is 4.29. The standard InChI is InChI=1S/C21H27N3O/c25-21(24-14-6-7-15-24)20(18-8-2-1-3-9-18)23-16-10-19(11-17-23)22-12-4-5-13-22/h1-5,8-9,12-13,19-20H,6-7,10-11,14-17H2/t20-/m0/s1. The summed E-state index contributed by atoms with van der Waals surface area (Å²) < 4.78 is 2.32. The van der Waals surface area contributed by atoms with Crippen molar-refractivity contribution in [2.75, 3.05) is 26.2 Å². The van der Waals surface area contributed by atoms with Crippen molar-refractivity contribution in [2.45, 2.75) is 37.8 Å². The van der Waals surface area contributed by atoms with E-state index in [9.17, 15) is 4.79 Å². The number of likely N-dealkylation sites (tertiary alicyclic amines) is 2. The summed E-state index contributed by atoms with van der Waals surface area (Å²) >= 11 is 0. The molecule has 0 spiro atoms. The lowest BCUT2D eigenvalue weighted by molar-refractivity contribution is -0.136. The van der Waals surface area contributed by atoms with Crippen LogP contribution < -0.4 is 0 Å². The molecule has 25 heavy (non-hydrogen) atoms. The summed E-state index contributed by atoms with van der Waals surface area (Å²) in [7, 11) is 0. The molecule has 0 saturated carbocycles. The molecule has 0 aliphatic carbocycles. The number of carbonyl (C=O) groups excluding carboxylic acids is 1. The molecule has 1 atom stereocenters. The maximum atomic E-state index is 13.2. The molecule has 0 radical (unpaired) electrons. The van der Waals surface area contributed by atoms with Crippen LogP contribution in [0.15, 0.2) is 54.9 Å². The van der Waals surface area contributed by atoms with Crippen molar-refractivity contribution in [1.29, 1.82) is 0 Å². The molecule has 2 aromatic rings. The van der Waals surface area contributed by atoms with Gasteiger partial charge in [0.05, 0.1) is 0 Å². The molecule has 0 unspecified atom stereocenters. The Balaban J connectivity index is 1.51. The first kappa shape index (κ1) is 16.4. The van der Waals surface area contributed by atoms with E-state index in [1.54, 1.807) is 0 Å². The van der Waals surface area contributed by atoms with Gasteiger partial charge in [-0.05, 0) is 43.4 Å². The Morgan fingerprint density at radius 2 is 1.52 bits per heavy atom. The molecule has 0 N–H and O–H groups in total. The molecule has 2 saturated heterocycles. The van der Waals surface area contributed by atoms with Crippen molar-refractivity contribution < 1.29 is 4.79 Å². The Labute approximate surface area is 150 Å². The van der Waals surface area contributed by atoms with Crippen LogP contribution in [0.2, 0.25) is 0 Å². The van der Waals surface area contributed by atoms with Crippen LogP contribution in [0.25, 0.3) is 0 Å². The summed E-state index contributed by atoms with van der Waals surface area (Å²) in [6.07, 6.45) is 8.80. The lowest BCUT2D eigenvalue weighted by atomic mass is 9.98. The number of hydrogen-bond acceptors (Lipinski definition) is 2. The van der Waals surface area contributed by atoms with Gasteiger partial charge in [-0.15, -0.1) is 0 Å². The summed E-state index contributed by atoms with van der Waals surface area (Å²) in [5, 5.41) is 0. The van der Waals surface area contributed by atoms with E-state index in [-0.39, 0.29) is 6.04 Å². The summed E-state index contributed by atoms with van der Waals surface area (Å²) in [5.74, 6) is 0.295. The molecule has 4 heteroatoms. The average Bonchev–Trinajstić information content (AvgIpc) is 3.37. The summed E-state index contributed by atoms with van der Waals surface area (Å²) in [4.78, 5) is 17.7. The third kappa shape index (κ3) is 3.49. The van der Waals surface area contributed by atoms with E-state index in [2.05, 4.69) is 51.0 Å².